The molecular weight excluding hydrogens is 264 g/mol. The Morgan fingerprint density at radius 1 is 0.600 bits per heavy atom. The molecule has 0 aliphatic heterocycles. The highest BCUT2D eigenvalue weighted by Crippen LogP contribution is 2.38. The highest BCUT2D eigenvalue weighted by Gasteiger charge is 2.12. The SMILES string of the molecule is Oc1cc(CCc2ccc(O)c(O)c2O)cc(O)c1O. The standard InChI is InChI=1S/C14H14O6/c15-9-4-3-8(12(18)14(9)20)2-1-7-5-10(16)13(19)11(17)6-7/h3-6,15-20H,1-2H2. The molecule has 2 aromatic carbocycles. The lowest BCUT2D eigenvalue weighted by molar-refractivity contribution is 0.364. The maximum atomic E-state index is 9.66. The van der Waals surface area contributed by atoms with Gasteiger partial charge in [0.1, 0.15) is 0 Å². The Labute approximate surface area is 114 Å². The summed E-state index contributed by atoms with van der Waals surface area (Å²) in [6, 6.07) is 5.32. The molecule has 0 aliphatic carbocycles. The molecule has 0 heterocycles. The van der Waals surface area contributed by atoms with Crippen LogP contribution in [-0.2, 0) is 12.8 Å². The Hall–Kier alpha value is -2.76. The average molecular weight is 278 g/mol. The van der Waals surface area contributed by atoms with Crippen LogP contribution in [0.4, 0.5) is 0 Å². The smallest absolute Gasteiger partial charge is 0.200 e. The summed E-state index contributed by atoms with van der Waals surface area (Å²) in [4.78, 5) is 0. The third-order valence-electron chi connectivity index (χ3n) is 3.03. The minimum absolute atomic E-state index is 0.309. The lowest BCUT2D eigenvalue weighted by Crippen LogP contribution is -1.92. The van der Waals surface area contributed by atoms with Crippen LogP contribution in [-0.4, -0.2) is 30.6 Å². The van der Waals surface area contributed by atoms with Crippen LogP contribution in [0.1, 0.15) is 11.1 Å². The van der Waals surface area contributed by atoms with E-state index in [1.54, 1.807) is 0 Å². The molecule has 0 radical (unpaired) electrons. The molecule has 6 heteroatoms. The van der Waals surface area contributed by atoms with Crippen molar-refractivity contribution in [3.05, 3.63) is 35.4 Å². The van der Waals surface area contributed by atoms with Gasteiger partial charge in [-0.2, -0.15) is 0 Å². The largest absolute Gasteiger partial charge is 0.504 e. The second kappa shape index (κ2) is 5.08. The first kappa shape index (κ1) is 13.7. The lowest BCUT2D eigenvalue weighted by Gasteiger charge is -2.09. The van der Waals surface area contributed by atoms with Crippen molar-refractivity contribution < 1.29 is 30.6 Å². The van der Waals surface area contributed by atoms with E-state index in [0.29, 0.717) is 24.0 Å². The Balaban J connectivity index is 2.19. The van der Waals surface area contributed by atoms with E-state index in [-0.39, 0.29) is 0 Å². The number of hydrogen-bond acceptors (Lipinski definition) is 6. The van der Waals surface area contributed by atoms with E-state index in [1.165, 1.54) is 24.3 Å². The van der Waals surface area contributed by atoms with Crippen molar-refractivity contribution in [3.63, 3.8) is 0 Å². The molecule has 6 nitrogen and oxygen atoms in total. The monoisotopic (exact) mass is 278 g/mol. The molecule has 0 atom stereocenters. The van der Waals surface area contributed by atoms with Crippen molar-refractivity contribution in [3.8, 4) is 34.5 Å². The molecule has 0 aliphatic rings. The minimum atomic E-state index is -0.584. The third-order valence-corrected chi connectivity index (χ3v) is 3.03. The zero-order valence-corrected chi connectivity index (χ0v) is 10.4. The van der Waals surface area contributed by atoms with Gasteiger partial charge in [-0.3, -0.25) is 0 Å². The molecular formula is C14H14O6. The van der Waals surface area contributed by atoms with Gasteiger partial charge >= 0.3 is 0 Å². The second-order valence-corrected chi connectivity index (χ2v) is 4.42. The van der Waals surface area contributed by atoms with Crippen molar-refractivity contribution in [2.75, 3.05) is 0 Å². The van der Waals surface area contributed by atoms with Gasteiger partial charge in [-0.15, -0.1) is 0 Å². The molecule has 0 bridgehead atoms. The van der Waals surface area contributed by atoms with Gasteiger partial charge in [-0.1, -0.05) is 6.07 Å². The fourth-order valence-corrected chi connectivity index (χ4v) is 1.90. The van der Waals surface area contributed by atoms with E-state index in [4.69, 9.17) is 0 Å². The molecule has 20 heavy (non-hydrogen) atoms. The number of rotatable bonds is 3. The molecule has 0 amide bonds. The molecule has 0 aromatic heterocycles. The summed E-state index contributed by atoms with van der Waals surface area (Å²) < 4.78 is 0. The first-order valence-corrected chi connectivity index (χ1v) is 5.86. The van der Waals surface area contributed by atoms with Crippen LogP contribution in [0.2, 0.25) is 0 Å². The van der Waals surface area contributed by atoms with Crippen LogP contribution in [0.5, 0.6) is 34.5 Å². The van der Waals surface area contributed by atoms with Crippen LogP contribution in [0, 0.1) is 0 Å². The van der Waals surface area contributed by atoms with Gasteiger partial charge in [0.25, 0.3) is 0 Å². The first-order chi connectivity index (χ1) is 9.40. The maximum absolute atomic E-state index is 9.66. The van der Waals surface area contributed by atoms with Gasteiger partial charge < -0.3 is 30.6 Å². The Morgan fingerprint density at radius 3 is 1.80 bits per heavy atom. The molecule has 0 saturated carbocycles. The van der Waals surface area contributed by atoms with Crippen LogP contribution in [0.25, 0.3) is 0 Å². The fourth-order valence-electron chi connectivity index (χ4n) is 1.90. The first-order valence-electron chi connectivity index (χ1n) is 5.86. The van der Waals surface area contributed by atoms with E-state index in [9.17, 15) is 30.6 Å². The quantitative estimate of drug-likeness (QED) is 0.475. The molecule has 0 unspecified atom stereocenters. The molecule has 0 fully saturated rings. The fraction of sp³-hybridized carbons (Fsp3) is 0.143. The van der Waals surface area contributed by atoms with Crippen LogP contribution in [0.3, 0.4) is 0 Å². The van der Waals surface area contributed by atoms with Gasteiger partial charge in [0.05, 0.1) is 0 Å². The molecule has 2 rings (SSSR count). The van der Waals surface area contributed by atoms with Gasteiger partial charge in [0.15, 0.2) is 28.7 Å². The molecule has 0 saturated heterocycles. The number of hydrogen-bond donors (Lipinski definition) is 6. The minimum Gasteiger partial charge on any atom is -0.504 e. The highest BCUT2D eigenvalue weighted by atomic mass is 16.3. The van der Waals surface area contributed by atoms with Crippen molar-refractivity contribution in [1.82, 2.24) is 0 Å². The second-order valence-electron chi connectivity index (χ2n) is 4.42. The average Bonchev–Trinajstić information content (AvgIpc) is 2.41. The number of aryl methyl sites for hydroxylation is 2. The Morgan fingerprint density at radius 2 is 1.20 bits per heavy atom. The van der Waals surface area contributed by atoms with Gasteiger partial charge in [0.2, 0.25) is 5.75 Å². The Bertz CT molecular complexity index is 627. The van der Waals surface area contributed by atoms with Crippen molar-refractivity contribution >= 4 is 0 Å². The van der Waals surface area contributed by atoms with E-state index < -0.39 is 34.5 Å². The normalized spacial score (nSPS) is 10.6. The van der Waals surface area contributed by atoms with Crippen LogP contribution >= 0.6 is 0 Å². The van der Waals surface area contributed by atoms with Gasteiger partial charge in [-0.25, -0.2) is 0 Å². The third kappa shape index (κ3) is 2.49. The highest BCUT2D eigenvalue weighted by molar-refractivity contribution is 5.54. The lowest BCUT2D eigenvalue weighted by atomic mass is 10.0. The summed E-state index contributed by atoms with van der Waals surface area (Å²) in [5.74, 6) is -2.85. The zero-order chi connectivity index (χ0) is 14.9. The summed E-state index contributed by atoms with van der Waals surface area (Å²) in [6.45, 7) is 0. The molecule has 2 aromatic rings. The van der Waals surface area contributed by atoms with Crippen LogP contribution in [0.15, 0.2) is 24.3 Å². The van der Waals surface area contributed by atoms with Gasteiger partial charge in [-0.05, 0) is 42.2 Å². The number of phenols is 6. The number of benzene rings is 2. The zero-order valence-electron chi connectivity index (χ0n) is 10.4. The van der Waals surface area contributed by atoms with Crippen molar-refractivity contribution in [2.24, 2.45) is 0 Å². The molecule has 106 valence electrons. The molecule has 6 N–H and O–H groups in total. The summed E-state index contributed by atoms with van der Waals surface area (Å²) in [5, 5.41) is 56.3. The summed E-state index contributed by atoms with van der Waals surface area (Å²) >= 11 is 0. The summed E-state index contributed by atoms with van der Waals surface area (Å²) in [6.07, 6.45) is 0.655. The van der Waals surface area contributed by atoms with E-state index in [0.717, 1.165) is 0 Å². The predicted octanol–water partition coefficient (Wildman–Crippen LogP) is 1.71. The molecule has 0 spiro atoms. The van der Waals surface area contributed by atoms with Crippen LogP contribution < -0.4 is 0 Å². The maximum Gasteiger partial charge on any atom is 0.200 e. The Kier molecular flexibility index (Phi) is 3.47. The van der Waals surface area contributed by atoms with Crippen molar-refractivity contribution in [1.29, 1.82) is 0 Å². The van der Waals surface area contributed by atoms with Crippen molar-refractivity contribution in [2.45, 2.75) is 12.8 Å². The van der Waals surface area contributed by atoms with E-state index in [2.05, 4.69) is 0 Å². The number of phenolic OH excluding ortho intramolecular Hbond substituents is 6. The topological polar surface area (TPSA) is 121 Å². The van der Waals surface area contributed by atoms with E-state index in [1.807, 2.05) is 0 Å². The number of aromatic hydroxyl groups is 6. The predicted molar refractivity (Wildman–Crippen MR) is 70.3 cm³/mol. The van der Waals surface area contributed by atoms with Gasteiger partial charge in [0, 0.05) is 0 Å². The summed E-state index contributed by atoms with van der Waals surface area (Å²) in [5.41, 5.74) is 0.956. The van der Waals surface area contributed by atoms with E-state index >= 15 is 0 Å². The summed E-state index contributed by atoms with van der Waals surface area (Å²) in [7, 11) is 0.